The van der Waals surface area contributed by atoms with E-state index in [9.17, 15) is 9.59 Å². The molecule has 1 aliphatic carbocycles. The molecular formula is C14H18N2O4. The van der Waals surface area contributed by atoms with Gasteiger partial charge in [-0.15, -0.1) is 0 Å². The molecular weight excluding hydrogens is 260 g/mol. The zero-order chi connectivity index (χ0) is 14.5. The summed E-state index contributed by atoms with van der Waals surface area (Å²) in [5.74, 6) is -1.02. The first-order valence-electron chi connectivity index (χ1n) is 6.70. The molecule has 108 valence electrons. The number of rotatable bonds is 6. The number of carboxylic acids is 1. The molecule has 0 aromatic carbocycles. The van der Waals surface area contributed by atoms with Crippen molar-refractivity contribution in [3.8, 4) is 0 Å². The van der Waals surface area contributed by atoms with Gasteiger partial charge in [0.25, 0.3) is 0 Å². The van der Waals surface area contributed by atoms with Crippen molar-refractivity contribution in [3.63, 3.8) is 0 Å². The highest BCUT2D eigenvalue weighted by atomic mass is 16.5. The quantitative estimate of drug-likeness (QED) is 0.830. The molecule has 2 rings (SSSR count). The fourth-order valence-electron chi connectivity index (χ4n) is 2.35. The van der Waals surface area contributed by atoms with Crippen LogP contribution in [0.5, 0.6) is 0 Å². The Morgan fingerprint density at radius 3 is 2.90 bits per heavy atom. The third-order valence-corrected chi connectivity index (χ3v) is 3.35. The van der Waals surface area contributed by atoms with E-state index in [1.807, 2.05) is 6.92 Å². The standard InChI is InChI=1S/C14H18N2O4/c1-2-20-10-6-9(7-10)8-12(17)16-11-4-3-5-15-13(11)14(18)19/h3-5,9-10H,2,6-8H2,1H3,(H,16,17)(H,18,19). The number of anilines is 1. The number of aromatic carboxylic acids is 1. The van der Waals surface area contributed by atoms with Crippen LogP contribution in [-0.4, -0.2) is 34.7 Å². The molecule has 0 unspecified atom stereocenters. The van der Waals surface area contributed by atoms with E-state index in [1.54, 1.807) is 6.07 Å². The largest absolute Gasteiger partial charge is 0.476 e. The summed E-state index contributed by atoms with van der Waals surface area (Å²) in [7, 11) is 0. The molecule has 0 saturated heterocycles. The van der Waals surface area contributed by atoms with Crippen molar-refractivity contribution in [2.24, 2.45) is 5.92 Å². The van der Waals surface area contributed by atoms with Crippen molar-refractivity contribution < 1.29 is 19.4 Å². The molecule has 20 heavy (non-hydrogen) atoms. The van der Waals surface area contributed by atoms with Crippen molar-refractivity contribution in [1.82, 2.24) is 4.98 Å². The maximum absolute atomic E-state index is 11.9. The van der Waals surface area contributed by atoms with Gasteiger partial charge in [0.05, 0.1) is 11.8 Å². The van der Waals surface area contributed by atoms with E-state index < -0.39 is 5.97 Å². The number of carbonyl (C=O) groups excluding carboxylic acids is 1. The fourth-order valence-corrected chi connectivity index (χ4v) is 2.35. The molecule has 0 bridgehead atoms. The lowest BCUT2D eigenvalue weighted by Crippen LogP contribution is -2.34. The van der Waals surface area contributed by atoms with Crippen molar-refractivity contribution in [2.75, 3.05) is 11.9 Å². The van der Waals surface area contributed by atoms with Crippen molar-refractivity contribution in [1.29, 1.82) is 0 Å². The number of hydrogen-bond acceptors (Lipinski definition) is 4. The maximum atomic E-state index is 11.9. The van der Waals surface area contributed by atoms with Gasteiger partial charge in [-0.1, -0.05) is 0 Å². The Balaban J connectivity index is 1.85. The SMILES string of the molecule is CCOC1CC(CC(=O)Nc2cccnc2C(=O)O)C1. The number of ether oxygens (including phenoxy) is 1. The van der Waals surface area contributed by atoms with Gasteiger partial charge in [-0.05, 0) is 37.8 Å². The summed E-state index contributed by atoms with van der Waals surface area (Å²) in [5.41, 5.74) is 0.104. The summed E-state index contributed by atoms with van der Waals surface area (Å²) in [4.78, 5) is 26.6. The van der Waals surface area contributed by atoms with Crippen LogP contribution in [0.2, 0.25) is 0 Å². The number of hydrogen-bond donors (Lipinski definition) is 2. The topological polar surface area (TPSA) is 88.5 Å². The zero-order valence-electron chi connectivity index (χ0n) is 11.3. The second-order valence-electron chi connectivity index (χ2n) is 4.87. The highest BCUT2D eigenvalue weighted by molar-refractivity contribution is 5.99. The average molecular weight is 278 g/mol. The van der Waals surface area contributed by atoms with Crippen molar-refractivity contribution >= 4 is 17.6 Å². The van der Waals surface area contributed by atoms with Gasteiger partial charge >= 0.3 is 5.97 Å². The molecule has 0 atom stereocenters. The van der Waals surface area contributed by atoms with E-state index in [4.69, 9.17) is 9.84 Å². The van der Waals surface area contributed by atoms with Crippen LogP contribution in [0.3, 0.4) is 0 Å². The van der Waals surface area contributed by atoms with E-state index >= 15 is 0 Å². The summed E-state index contributed by atoms with van der Waals surface area (Å²) in [6, 6.07) is 3.13. The first-order valence-corrected chi connectivity index (χ1v) is 6.70. The minimum atomic E-state index is -1.15. The molecule has 1 heterocycles. The van der Waals surface area contributed by atoms with Gasteiger partial charge in [-0.3, -0.25) is 4.79 Å². The van der Waals surface area contributed by atoms with Crippen LogP contribution in [-0.2, 0) is 9.53 Å². The van der Waals surface area contributed by atoms with Gasteiger partial charge < -0.3 is 15.2 Å². The first-order chi connectivity index (χ1) is 9.60. The molecule has 2 N–H and O–H groups in total. The highest BCUT2D eigenvalue weighted by Gasteiger charge is 2.31. The number of aromatic nitrogens is 1. The van der Waals surface area contributed by atoms with E-state index in [0.29, 0.717) is 18.9 Å². The molecule has 0 aliphatic heterocycles. The Bertz CT molecular complexity index is 498. The van der Waals surface area contributed by atoms with Crippen LogP contribution in [0.25, 0.3) is 0 Å². The number of carbonyl (C=O) groups is 2. The van der Waals surface area contributed by atoms with Crippen LogP contribution < -0.4 is 5.32 Å². The molecule has 1 aromatic rings. The molecule has 1 aromatic heterocycles. The fraction of sp³-hybridized carbons (Fsp3) is 0.500. The minimum absolute atomic E-state index is 0.137. The van der Waals surface area contributed by atoms with Crippen molar-refractivity contribution in [3.05, 3.63) is 24.0 Å². The third-order valence-electron chi connectivity index (χ3n) is 3.35. The normalized spacial score (nSPS) is 21.1. The maximum Gasteiger partial charge on any atom is 0.356 e. The predicted molar refractivity (Wildman–Crippen MR) is 72.6 cm³/mol. The highest BCUT2D eigenvalue weighted by Crippen LogP contribution is 2.32. The van der Waals surface area contributed by atoms with Crippen molar-refractivity contribution in [2.45, 2.75) is 32.3 Å². The predicted octanol–water partition coefficient (Wildman–Crippen LogP) is 1.92. The summed E-state index contributed by atoms with van der Waals surface area (Å²) in [6.07, 6.45) is 3.82. The van der Waals surface area contributed by atoms with Crippen LogP contribution in [0, 0.1) is 5.92 Å². The summed E-state index contributed by atoms with van der Waals surface area (Å²) in [5, 5.41) is 11.6. The number of pyridine rings is 1. The number of nitrogens with one attached hydrogen (secondary N) is 1. The zero-order valence-corrected chi connectivity index (χ0v) is 11.3. The molecule has 1 amide bonds. The Kier molecular flexibility index (Phi) is 4.68. The summed E-state index contributed by atoms with van der Waals surface area (Å²) < 4.78 is 5.44. The Morgan fingerprint density at radius 1 is 1.50 bits per heavy atom. The van der Waals surface area contributed by atoms with Gasteiger partial charge in [-0.2, -0.15) is 0 Å². The third kappa shape index (κ3) is 3.54. The molecule has 1 aliphatic rings. The number of nitrogens with zero attached hydrogens (tertiary/aromatic N) is 1. The van der Waals surface area contributed by atoms with E-state index in [1.165, 1.54) is 12.3 Å². The van der Waals surface area contributed by atoms with Gasteiger partial charge in [0, 0.05) is 19.2 Å². The molecule has 1 fully saturated rings. The lowest BCUT2D eigenvalue weighted by molar-refractivity contribution is -0.119. The van der Waals surface area contributed by atoms with Gasteiger partial charge in [0.15, 0.2) is 5.69 Å². The monoisotopic (exact) mass is 278 g/mol. The van der Waals surface area contributed by atoms with Crippen LogP contribution in [0.4, 0.5) is 5.69 Å². The molecule has 6 nitrogen and oxygen atoms in total. The van der Waals surface area contributed by atoms with Crippen LogP contribution in [0.1, 0.15) is 36.7 Å². The minimum Gasteiger partial charge on any atom is -0.476 e. The molecule has 0 spiro atoms. The smallest absolute Gasteiger partial charge is 0.356 e. The van der Waals surface area contributed by atoms with E-state index in [0.717, 1.165) is 12.8 Å². The Hall–Kier alpha value is -1.95. The number of carboxylic acid groups (broad SMARTS) is 1. The molecule has 6 heteroatoms. The molecule has 0 radical (unpaired) electrons. The van der Waals surface area contributed by atoms with E-state index in [2.05, 4.69) is 10.3 Å². The Labute approximate surface area is 117 Å². The second kappa shape index (κ2) is 6.47. The number of amides is 1. The van der Waals surface area contributed by atoms with Crippen LogP contribution >= 0.6 is 0 Å². The summed E-state index contributed by atoms with van der Waals surface area (Å²) >= 11 is 0. The van der Waals surface area contributed by atoms with Crippen LogP contribution in [0.15, 0.2) is 18.3 Å². The van der Waals surface area contributed by atoms with E-state index in [-0.39, 0.29) is 23.4 Å². The second-order valence-corrected chi connectivity index (χ2v) is 4.87. The van der Waals surface area contributed by atoms with Gasteiger partial charge in [0.2, 0.25) is 5.91 Å². The first kappa shape index (κ1) is 14.5. The lowest BCUT2D eigenvalue weighted by atomic mass is 9.80. The average Bonchev–Trinajstić information content (AvgIpc) is 2.36. The van der Waals surface area contributed by atoms with Gasteiger partial charge in [0.1, 0.15) is 0 Å². The molecule has 1 saturated carbocycles. The lowest BCUT2D eigenvalue weighted by Gasteiger charge is -2.34. The Morgan fingerprint density at radius 2 is 2.25 bits per heavy atom. The van der Waals surface area contributed by atoms with Gasteiger partial charge in [-0.25, -0.2) is 9.78 Å². The summed E-state index contributed by atoms with van der Waals surface area (Å²) in [6.45, 7) is 2.65.